The lowest BCUT2D eigenvalue weighted by Crippen LogP contribution is -2.33. The van der Waals surface area contributed by atoms with Crippen molar-refractivity contribution >= 4 is 17.5 Å². The number of hydrogen-bond donors (Lipinski definition) is 2. The Hall–Kier alpha value is -2.76. The molecule has 0 aliphatic carbocycles. The molecule has 6 heteroatoms. The van der Waals surface area contributed by atoms with Crippen LogP contribution in [0.4, 0.5) is 0 Å². The van der Waals surface area contributed by atoms with Crippen molar-refractivity contribution in [2.75, 3.05) is 0 Å². The summed E-state index contributed by atoms with van der Waals surface area (Å²) in [7, 11) is 0. The Balaban J connectivity index is 1.78. The van der Waals surface area contributed by atoms with Gasteiger partial charge in [0, 0.05) is 42.8 Å². The molecule has 0 bridgehead atoms. The summed E-state index contributed by atoms with van der Waals surface area (Å²) in [6.45, 7) is 0.469. The number of nitrogens with two attached hydrogens (primary N) is 1. The highest BCUT2D eigenvalue weighted by molar-refractivity contribution is 6.31. The molecule has 0 fully saturated rings. The summed E-state index contributed by atoms with van der Waals surface area (Å²) in [5.74, 6) is -0.471. The van der Waals surface area contributed by atoms with Gasteiger partial charge in [0.05, 0.1) is 0 Å². The van der Waals surface area contributed by atoms with Crippen molar-refractivity contribution in [2.24, 2.45) is 5.73 Å². The Morgan fingerprint density at radius 1 is 1.04 bits per heavy atom. The molecule has 3 N–H and O–H groups in total. The van der Waals surface area contributed by atoms with Gasteiger partial charge in [-0.15, -0.1) is 0 Å². The lowest BCUT2D eigenvalue weighted by Gasteiger charge is -2.18. The number of rotatable bonds is 7. The number of aromatic nitrogens is 2. The molecular formula is C20H19ClN4O. The molecule has 1 aromatic carbocycles. The van der Waals surface area contributed by atoms with E-state index in [0.717, 1.165) is 16.7 Å². The minimum Gasteiger partial charge on any atom is -0.368 e. The van der Waals surface area contributed by atoms with Crippen molar-refractivity contribution in [3.63, 3.8) is 0 Å². The van der Waals surface area contributed by atoms with E-state index in [1.54, 1.807) is 24.5 Å². The topological polar surface area (TPSA) is 80.9 Å². The zero-order valence-electron chi connectivity index (χ0n) is 14.1. The van der Waals surface area contributed by atoms with Gasteiger partial charge in [0.2, 0.25) is 5.91 Å². The van der Waals surface area contributed by atoms with Crippen molar-refractivity contribution in [3.05, 3.63) is 94.5 Å². The molecule has 1 unspecified atom stereocenters. The molecule has 26 heavy (non-hydrogen) atoms. The second-order valence-electron chi connectivity index (χ2n) is 5.92. The Morgan fingerprint density at radius 2 is 1.85 bits per heavy atom. The largest absolute Gasteiger partial charge is 0.368 e. The average Bonchev–Trinajstić information content (AvgIpc) is 2.65. The number of amides is 1. The molecule has 5 nitrogen and oxygen atoms in total. The summed E-state index contributed by atoms with van der Waals surface area (Å²) in [4.78, 5) is 20.3. The van der Waals surface area contributed by atoms with Crippen molar-refractivity contribution in [1.82, 2.24) is 15.3 Å². The van der Waals surface area contributed by atoms with E-state index in [1.165, 1.54) is 0 Å². The molecule has 0 radical (unpaired) electrons. The lowest BCUT2D eigenvalue weighted by molar-refractivity contribution is -0.120. The van der Waals surface area contributed by atoms with Gasteiger partial charge in [0.15, 0.2) is 0 Å². The van der Waals surface area contributed by atoms with E-state index < -0.39 is 11.9 Å². The number of benzene rings is 1. The Morgan fingerprint density at radius 3 is 2.58 bits per heavy atom. The predicted molar refractivity (Wildman–Crippen MR) is 102 cm³/mol. The maximum absolute atomic E-state index is 11.9. The van der Waals surface area contributed by atoms with E-state index in [-0.39, 0.29) is 0 Å². The normalized spacial score (nSPS) is 11.9. The molecule has 1 amide bonds. The van der Waals surface area contributed by atoms with E-state index in [2.05, 4.69) is 15.3 Å². The number of nitrogens with zero attached hydrogens (tertiary/aromatic N) is 2. The highest BCUT2D eigenvalue weighted by Crippen LogP contribution is 2.23. The summed E-state index contributed by atoms with van der Waals surface area (Å²) < 4.78 is 0. The standard InChI is InChI=1S/C20H19ClN4O/c21-18-6-2-1-5-17(18)19(20(22)26)25-13-15-7-9-24-12-16(15)10-14-4-3-8-23-11-14/h1-9,11-12,19,25H,10,13H2,(H2,22,26). The second-order valence-corrected chi connectivity index (χ2v) is 6.33. The van der Waals surface area contributed by atoms with Crippen molar-refractivity contribution in [1.29, 1.82) is 0 Å². The highest BCUT2D eigenvalue weighted by atomic mass is 35.5. The van der Waals surface area contributed by atoms with Gasteiger partial charge >= 0.3 is 0 Å². The first-order valence-electron chi connectivity index (χ1n) is 8.23. The minimum atomic E-state index is -0.664. The first-order valence-corrected chi connectivity index (χ1v) is 8.60. The summed E-state index contributed by atoms with van der Waals surface area (Å²) in [5.41, 5.74) is 9.46. The Bertz CT molecular complexity index is 886. The van der Waals surface area contributed by atoms with Crippen LogP contribution in [0.3, 0.4) is 0 Å². The molecule has 2 aromatic heterocycles. The SMILES string of the molecule is NC(=O)C(NCc1ccncc1Cc1cccnc1)c1ccccc1Cl. The molecular weight excluding hydrogens is 348 g/mol. The quantitative estimate of drug-likeness (QED) is 0.673. The van der Waals surface area contributed by atoms with Gasteiger partial charge < -0.3 is 5.73 Å². The van der Waals surface area contributed by atoms with Crippen LogP contribution in [0.2, 0.25) is 5.02 Å². The van der Waals surface area contributed by atoms with Crippen LogP contribution in [-0.2, 0) is 17.8 Å². The van der Waals surface area contributed by atoms with Crippen LogP contribution >= 0.6 is 11.6 Å². The lowest BCUT2D eigenvalue weighted by atomic mass is 10.0. The zero-order chi connectivity index (χ0) is 18.4. The van der Waals surface area contributed by atoms with Crippen molar-refractivity contribution < 1.29 is 4.79 Å². The maximum atomic E-state index is 11.9. The number of pyridine rings is 2. The van der Waals surface area contributed by atoms with Crippen LogP contribution in [0, 0.1) is 0 Å². The number of primary amides is 1. The summed E-state index contributed by atoms with van der Waals surface area (Å²) >= 11 is 6.22. The summed E-state index contributed by atoms with van der Waals surface area (Å²) in [6, 6.07) is 12.4. The molecule has 1 atom stereocenters. The van der Waals surface area contributed by atoms with Crippen LogP contribution in [0.5, 0.6) is 0 Å². The monoisotopic (exact) mass is 366 g/mol. The first kappa shape index (κ1) is 18.0. The smallest absolute Gasteiger partial charge is 0.239 e. The fraction of sp³-hybridized carbons (Fsp3) is 0.150. The van der Waals surface area contributed by atoms with Crippen molar-refractivity contribution in [2.45, 2.75) is 19.0 Å². The van der Waals surface area contributed by atoms with Gasteiger partial charge in [-0.25, -0.2) is 0 Å². The minimum absolute atomic E-state index is 0.469. The highest BCUT2D eigenvalue weighted by Gasteiger charge is 2.20. The molecule has 0 aliphatic heterocycles. The summed E-state index contributed by atoms with van der Waals surface area (Å²) in [6.07, 6.45) is 7.86. The Labute approximate surface area is 157 Å². The van der Waals surface area contributed by atoms with E-state index in [9.17, 15) is 4.79 Å². The van der Waals surface area contributed by atoms with E-state index in [4.69, 9.17) is 17.3 Å². The fourth-order valence-corrected chi connectivity index (χ4v) is 3.04. The number of halogens is 1. The van der Waals surface area contributed by atoms with Gasteiger partial charge in [-0.2, -0.15) is 0 Å². The van der Waals surface area contributed by atoms with E-state index in [1.807, 2.05) is 42.7 Å². The predicted octanol–water partition coefficient (Wildman–Crippen LogP) is 3.04. The van der Waals surface area contributed by atoms with Crippen molar-refractivity contribution in [3.8, 4) is 0 Å². The number of nitrogens with one attached hydrogen (secondary N) is 1. The molecule has 0 spiro atoms. The number of carbonyl (C=O) groups is 1. The number of hydrogen-bond acceptors (Lipinski definition) is 4. The first-order chi connectivity index (χ1) is 12.6. The van der Waals surface area contributed by atoms with Gasteiger partial charge in [-0.05, 0) is 40.5 Å². The molecule has 3 rings (SSSR count). The number of carbonyl (C=O) groups excluding carboxylic acids is 1. The third-order valence-electron chi connectivity index (χ3n) is 4.12. The summed E-state index contributed by atoms with van der Waals surface area (Å²) in [5, 5.41) is 3.72. The molecule has 0 saturated carbocycles. The van der Waals surface area contributed by atoms with Crippen LogP contribution in [0.15, 0.2) is 67.3 Å². The zero-order valence-corrected chi connectivity index (χ0v) is 14.9. The third kappa shape index (κ3) is 4.45. The molecule has 2 heterocycles. The molecule has 0 aliphatic rings. The van der Waals surface area contributed by atoms with Crippen LogP contribution in [0.25, 0.3) is 0 Å². The van der Waals surface area contributed by atoms with Crippen LogP contribution in [0.1, 0.15) is 28.3 Å². The van der Waals surface area contributed by atoms with Gasteiger partial charge in [0.25, 0.3) is 0 Å². The second kappa shape index (κ2) is 8.56. The van der Waals surface area contributed by atoms with E-state index in [0.29, 0.717) is 23.6 Å². The molecule has 132 valence electrons. The van der Waals surface area contributed by atoms with Crippen LogP contribution in [-0.4, -0.2) is 15.9 Å². The van der Waals surface area contributed by atoms with Gasteiger partial charge in [-0.3, -0.25) is 20.1 Å². The van der Waals surface area contributed by atoms with E-state index >= 15 is 0 Å². The van der Waals surface area contributed by atoms with Gasteiger partial charge in [-0.1, -0.05) is 35.9 Å². The molecule has 3 aromatic rings. The van der Waals surface area contributed by atoms with Crippen LogP contribution < -0.4 is 11.1 Å². The van der Waals surface area contributed by atoms with Gasteiger partial charge in [0.1, 0.15) is 6.04 Å². The fourth-order valence-electron chi connectivity index (χ4n) is 2.80. The Kier molecular flexibility index (Phi) is 5.94. The molecule has 0 saturated heterocycles. The maximum Gasteiger partial charge on any atom is 0.239 e. The average molecular weight is 367 g/mol. The third-order valence-corrected chi connectivity index (χ3v) is 4.46.